The molecular weight excluding hydrogens is 322 g/mol. The van der Waals surface area contributed by atoms with Gasteiger partial charge in [-0.15, -0.1) is 0 Å². The zero-order valence-corrected chi connectivity index (χ0v) is 14.5. The molecule has 0 heterocycles. The molecule has 0 amide bonds. The molecule has 0 unspecified atom stereocenters. The van der Waals surface area contributed by atoms with Crippen molar-refractivity contribution in [3.8, 4) is 5.75 Å². The van der Waals surface area contributed by atoms with Gasteiger partial charge in [-0.05, 0) is 37.1 Å². The van der Waals surface area contributed by atoms with E-state index in [1.54, 1.807) is 13.0 Å². The monoisotopic (exact) mass is 343 g/mol. The maximum absolute atomic E-state index is 12.3. The number of carbonyl (C=O) groups excluding carboxylic acids is 2. The van der Waals surface area contributed by atoms with E-state index in [2.05, 4.69) is 9.46 Å². The summed E-state index contributed by atoms with van der Waals surface area (Å²) < 4.78 is 36.4. The number of carbonyl (C=O) groups is 2. The smallest absolute Gasteiger partial charge is 0.305 e. The lowest BCUT2D eigenvalue weighted by Crippen LogP contribution is -2.30. The van der Waals surface area contributed by atoms with Gasteiger partial charge in [0.15, 0.2) is 0 Å². The lowest BCUT2D eigenvalue weighted by atomic mass is 10.1. The number of Topliss-reactive ketones (excluding diaryl/α,β-unsaturated/α-hetero) is 1. The maximum atomic E-state index is 12.3. The lowest BCUT2D eigenvalue weighted by molar-refractivity contribution is -0.141. The molecule has 0 aromatic heterocycles. The Hall–Kier alpha value is -1.93. The summed E-state index contributed by atoms with van der Waals surface area (Å²) in [5.74, 6) is -0.707. The van der Waals surface area contributed by atoms with Crippen LogP contribution in [0, 0.1) is 13.8 Å². The molecule has 0 bridgehead atoms. The largest absolute Gasteiger partial charge is 0.495 e. The van der Waals surface area contributed by atoms with E-state index in [-0.39, 0.29) is 23.5 Å². The second-order valence-corrected chi connectivity index (χ2v) is 6.76. The number of nitrogens with one attached hydrogen (secondary N) is 1. The Labute approximate surface area is 136 Å². The fraction of sp³-hybridized carbons (Fsp3) is 0.467. The summed E-state index contributed by atoms with van der Waals surface area (Å²) in [6.07, 6.45) is -0.163. The van der Waals surface area contributed by atoms with Crippen molar-refractivity contribution < 1.29 is 27.5 Å². The number of methoxy groups -OCH3 is 2. The van der Waals surface area contributed by atoms with E-state index in [1.165, 1.54) is 20.3 Å². The molecular formula is C15H21NO6S. The van der Waals surface area contributed by atoms with Gasteiger partial charge in [-0.25, -0.2) is 13.1 Å². The van der Waals surface area contributed by atoms with Crippen molar-refractivity contribution in [1.82, 2.24) is 4.72 Å². The van der Waals surface area contributed by atoms with Crippen molar-refractivity contribution in [2.75, 3.05) is 20.8 Å². The minimum absolute atomic E-state index is 0.0242. The SMILES string of the molecule is COC(=O)CCC(=O)CNS(=O)(=O)c1cc(C)c(C)cc1OC. The minimum atomic E-state index is -3.89. The number of hydrogen-bond acceptors (Lipinski definition) is 6. The normalized spacial score (nSPS) is 11.1. The summed E-state index contributed by atoms with van der Waals surface area (Å²) >= 11 is 0. The van der Waals surface area contributed by atoms with Gasteiger partial charge in [-0.3, -0.25) is 9.59 Å². The third-order valence-corrected chi connectivity index (χ3v) is 4.79. The summed E-state index contributed by atoms with van der Waals surface area (Å²) in [4.78, 5) is 22.6. The van der Waals surface area contributed by atoms with Crippen LogP contribution in [-0.2, 0) is 24.3 Å². The Morgan fingerprint density at radius 1 is 1.09 bits per heavy atom. The van der Waals surface area contributed by atoms with Crippen LogP contribution in [0.5, 0.6) is 5.75 Å². The molecule has 0 aliphatic rings. The predicted molar refractivity (Wildman–Crippen MR) is 83.9 cm³/mol. The summed E-state index contributed by atoms with van der Waals surface area (Å²) in [5, 5.41) is 0. The Bertz CT molecular complexity index is 696. The number of esters is 1. The molecule has 7 nitrogen and oxygen atoms in total. The molecule has 1 N–H and O–H groups in total. The van der Waals surface area contributed by atoms with Crippen LogP contribution in [-0.4, -0.2) is 40.9 Å². The first-order valence-electron chi connectivity index (χ1n) is 6.94. The second kappa shape index (κ2) is 8.07. The van der Waals surface area contributed by atoms with Crippen LogP contribution in [0.1, 0.15) is 24.0 Å². The molecule has 0 atom stereocenters. The summed E-state index contributed by atoms with van der Waals surface area (Å²) in [5.41, 5.74) is 1.69. The topological polar surface area (TPSA) is 98.8 Å². The van der Waals surface area contributed by atoms with Crippen LogP contribution in [0.15, 0.2) is 17.0 Å². The van der Waals surface area contributed by atoms with Gasteiger partial charge in [0.2, 0.25) is 10.0 Å². The standard InChI is InChI=1S/C15H21NO6S/c1-10-7-13(21-3)14(8-11(10)2)23(19,20)16-9-12(17)5-6-15(18)22-4/h7-8,16H,5-6,9H2,1-4H3. The Kier molecular flexibility index (Phi) is 6.71. The van der Waals surface area contributed by atoms with E-state index in [0.717, 1.165) is 11.1 Å². The van der Waals surface area contributed by atoms with E-state index in [9.17, 15) is 18.0 Å². The quantitative estimate of drug-likeness (QED) is 0.710. The molecule has 0 saturated carbocycles. The molecule has 8 heteroatoms. The molecule has 0 aliphatic carbocycles. The Morgan fingerprint density at radius 3 is 2.26 bits per heavy atom. The number of aryl methyl sites for hydroxylation is 2. The van der Waals surface area contributed by atoms with Crippen molar-refractivity contribution in [3.63, 3.8) is 0 Å². The first kappa shape index (κ1) is 19.1. The van der Waals surface area contributed by atoms with Crippen molar-refractivity contribution >= 4 is 21.8 Å². The molecule has 0 saturated heterocycles. The predicted octanol–water partition coefficient (Wildman–Crippen LogP) is 1.11. The molecule has 1 aromatic rings. The van der Waals surface area contributed by atoms with E-state index in [4.69, 9.17) is 4.74 Å². The number of hydrogen-bond donors (Lipinski definition) is 1. The van der Waals surface area contributed by atoms with E-state index in [1.807, 2.05) is 6.92 Å². The van der Waals surface area contributed by atoms with Gasteiger partial charge in [0, 0.05) is 6.42 Å². The molecule has 1 aromatic carbocycles. The van der Waals surface area contributed by atoms with E-state index >= 15 is 0 Å². The van der Waals surface area contributed by atoms with Crippen LogP contribution >= 0.6 is 0 Å². The number of rotatable bonds is 8. The fourth-order valence-corrected chi connectivity index (χ4v) is 3.06. The highest BCUT2D eigenvalue weighted by Gasteiger charge is 2.21. The first-order chi connectivity index (χ1) is 10.7. The van der Waals surface area contributed by atoms with Gasteiger partial charge >= 0.3 is 5.97 Å². The van der Waals surface area contributed by atoms with Crippen molar-refractivity contribution in [2.24, 2.45) is 0 Å². The number of ketones is 1. The van der Waals surface area contributed by atoms with Crippen molar-refractivity contribution in [3.05, 3.63) is 23.3 Å². The van der Waals surface area contributed by atoms with Gasteiger partial charge in [0.05, 0.1) is 27.2 Å². The third-order valence-electron chi connectivity index (χ3n) is 3.36. The van der Waals surface area contributed by atoms with Crippen LogP contribution in [0.4, 0.5) is 0 Å². The number of sulfonamides is 1. The minimum Gasteiger partial charge on any atom is -0.495 e. The van der Waals surface area contributed by atoms with Crippen LogP contribution in [0.2, 0.25) is 0 Å². The first-order valence-corrected chi connectivity index (χ1v) is 8.43. The molecule has 1 rings (SSSR count). The van der Waals surface area contributed by atoms with Crippen LogP contribution < -0.4 is 9.46 Å². The molecule has 23 heavy (non-hydrogen) atoms. The average Bonchev–Trinajstić information content (AvgIpc) is 2.52. The van der Waals surface area contributed by atoms with E-state index < -0.39 is 28.3 Å². The summed E-state index contributed by atoms with van der Waals surface area (Å²) in [6.45, 7) is 3.24. The van der Waals surface area contributed by atoms with Crippen LogP contribution in [0.25, 0.3) is 0 Å². The highest BCUT2D eigenvalue weighted by molar-refractivity contribution is 7.89. The van der Waals surface area contributed by atoms with Gasteiger partial charge < -0.3 is 9.47 Å². The van der Waals surface area contributed by atoms with Gasteiger partial charge in [-0.2, -0.15) is 0 Å². The third kappa shape index (κ3) is 5.33. The van der Waals surface area contributed by atoms with Gasteiger partial charge in [0.1, 0.15) is 16.4 Å². The van der Waals surface area contributed by atoms with Crippen LogP contribution in [0.3, 0.4) is 0 Å². The summed E-state index contributed by atoms with van der Waals surface area (Å²) in [7, 11) is -1.29. The molecule has 128 valence electrons. The molecule has 0 spiro atoms. The molecule has 0 aliphatic heterocycles. The van der Waals surface area contributed by atoms with Crippen molar-refractivity contribution in [2.45, 2.75) is 31.6 Å². The van der Waals surface area contributed by atoms with Gasteiger partial charge in [0.25, 0.3) is 0 Å². The zero-order chi connectivity index (χ0) is 17.6. The fourth-order valence-electron chi connectivity index (χ4n) is 1.82. The Morgan fingerprint density at radius 2 is 1.70 bits per heavy atom. The highest BCUT2D eigenvalue weighted by atomic mass is 32.2. The maximum Gasteiger partial charge on any atom is 0.305 e. The molecule has 0 fully saturated rings. The zero-order valence-electron chi connectivity index (χ0n) is 13.6. The number of ether oxygens (including phenoxy) is 2. The number of benzene rings is 1. The van der Waals surface area contributed by atoms with Gasteiger partial charge in [-0.1, -0.05) is 0 Å². The highest BCUT2D eigenvalue weighted by Crippen LogP contribution is 2.27. The average molecular weight is 343 g/mol. The second-order valence-electron chi connectivity index (χ2n) is 5.03. The Balaban J connectivity index is 2.82. The van der Waals surface area contributed by atoms with Crippen molar-refractivity contribution in [1.29, 1.82) is 0 Å². The lowest BCUT2D eigenvalue weighted by Gasteiger charge is -2.13. The summed E-state index contributed by atoms with van der Waals surface area (Å²) in [6, 6.07) is 3.12. The van der Waals surface area contributed by atoms with E-state index in [0.29, 0.717) is 0 Å². The molecule has 0 radical (unpaired) electrons.